The number of thioether (sulfide) groups is 1. The molecule has 2 aromatic carbocycles. The van der Waals surface area contributed by atoms with Gasteiger partial charge in [-0.25, -0.2) is 0 Å². The first-order chi connectivity index (χ1) is 12.7. The average Bonchev–Trinajstić information content (AvgIpc) is 3.29. The molecule has 0 aliphatic heterocycles. The number of hydrogen-bond acceptors (Lipinski definition) is 7. The number of anilines is 1. The molecule has 0 aliphatic rings. The lowest BCUT2D eigenvalue weighted by Gasteiger charge is -2.05. The molecule has 26 heavy (non-hydrogen) atoms. The molecule has 0 fully saturated rings. The zero-order chi connectivity index (χ0) is 17.9. The fourth-order valence-electron chi connectivity index (χ4n) is 2.43. The van der Waals surface area contributed by atoms with Gasteiger partial charge in [-0.15, -0.1) is 10.2 Å². The standard InChI is InChI=1S/C18H14N4O3S/c1-11-8-15(22-25-11)17-20-21-18(24-17)26-10-16(23)19-14-7-6-12-4-2-3-5-13(12)9-14/h2-9H,10H2,1H3,(H,19,23). The molecular formula is C18H14N4O3S. The number of fused-ring (bicyclic) bond motifs is 1. The Hall–Kier alpha value is -3.13. The van der Waals surface area contributed by atoms with Crippen molar-refractivity contribution < 1.29 is 13.7 Å². The second-order valence-electron chi connectivity index (χ2n) is 5.59. The van der Waals surface area contributed by atoms with Crippen LogP contribution in [0, 0.1) is 6.92 Å². The lowest BCUT2D eigenvalue weighted by atomic mass is 10.1. The van der Waals surface area contributed by atoms with Gasteiger partial charge < -0.3 is 14.3 Å². The molecule has 0 saturated carbocycles. The van der Waals surface area contributed by atoms with Crippen LogP contribution in [0.25, 0.3) is 22.4 Å². The van der Waals surface area contributed by atoms with Crippen molar-refractivity contribution in [1.29, 1.82) is 0 Å². The van der Waals surface area contributed by atoms with Gasteiger partial charge in [0.25, 0.3) is 11.1 Å². The van der Waals surface area contributed by atoms with Crippen LogP contribution in [0.15, 0.2) is 62.7 Å². The van der Waals surface area contributed by atoms with Gasteiger partial charge in [-0.3, -0.25) is 4.79 Å². The number of nitrogens with zero attached hydrogens (tertiary/aromatic N) is 3. The average molecular weight is 366 g/mol. The Bertz CT molecular complexity index is 1070. The normalized spacial score (nSPS) is 11.0. The summed E-state index contributed by atoms with van der Waals surface area (Å²) in [5, 5.41) is 17.0. The van der Waals surface area contributed by atoms with Crippen LogP contribution in [0.4, 0.5) is 5.69 Å². The molecule has 2 aromatic heterocycles. The molecular weight excluding hydrogens is 352 g/mol. The van der Waals surface area contributed by atoms with E-state index in [0.717, 1.165) is 28.2 Å². The fraction of sp³-hybridized carbons (Fsp3) is 0.111. The number of nitrogens with one attached hydrogen (secondary N) is 1. The Labute approximate surface area is 152 Å². The molecule has 0 saturated heterocycles. The smallest absolute Gasteiger partial charge is 0.277 e. The van der Waals surface area contributed by atoms with Crippen LogP contribution in [0.5, 0.6) is 0 Å². The summed E-state index contributed by atoms with van der Waals surface area (Å²) in [6, 6.07) is 15.5. The Morgan fingerprint density at radius 3 is 2.77 bits per heavy atom. The minimum absolute atomic E-state index is 0.151. The number of rotatable bonds is 5. The van der Waals surface area contributed by atoms with Gasteiger partial charge in [-0.05, 0) is 29.8 Å². The summed E-state index contributed by atoms with van der Waals surface area (Å²) >= 11 is 1.16. The molecule has 8 heteroatoms. The number of aromatic nitrogens is 3. The van der Waals surface area contributed by atoms with Crippen molar-refractivity contribution in [2.75, 3.05) is 11.1 Å². The fourth-order valence-corrected chi connectivity index (χ4v) is 2.99. The highest BCUT2D eigenvalue weighted by atomic mass is 32.2. The lowest BCUT2D eigenvalue weighted by molar-refractivity contribution is -0.113. The Morgan fingerprint density at radius 1 is 1.12 bits per heavy atom. The molecule has 0 spiro atoms. The molecule has 1 N–H and O–H groups in total. The lowest BCUT2D eigenvalue weighted by Crippen LogP contribution is -2.13. The van der Waals surface area contributed by atoms with E-state index in [1.54, 1.807) is 13.0 Å². The summed E-state index contributed by atoms with van der Waals surface area (Å²) in [5.41, 5.74) is 1.22. The molecule has 4 rings (SSSR count). The van der Waals surface area contributed by atoms with E-state index in [1.807, 2.05) is 42.5 Å². The maximum Gasteiger partial charge on any atom is 0.277 e. The minimum atomic E-state index is -0.151. The highest BCUT2D eigenvalue weighted by Gasteiger charge is 2.14. The number of hydrogen-bond donors (Lipinski definition) is 1. The molecule has 0 unspecified atom stereocenters. The number of carbonyl (C=O) groups is 1. The van der Waals surface area contributed by atoms with Crippen molar-refractivity contribution in [3.05, 3.63) is 54.3 Å². The molecule has 0 atom stereocenters. The monoisotopic (exact) mass is 366 g/mol. The summed E-state index contributed by atoms with van der Waals surface area (Å²) < 4.78 is 10.5. The van der Waals surface area contributed by atoms with E-state index < -0.39 is 0 Å². The van der Waals surface area contributed by atoms with E-state index in [0.29, 0.717) is 16.7 Å². The number of carbonyl (C=O) groups excluding carboxylic acids is 1. The summed E-state index contributed by atoms with van der Waals surface area (Å²) in [7, 11) is 0. The van der Waals surface area contributed by atoms with Crippen molar-refractivity contribution in [1.82, 2.24) is 15.4 Å². The van der Waals surface area contributed by atoms with Crippen LogP contribution in [0.2, 0.25) is 0 Å². The highest BCUT2D eigenvalue weighted by molar-refractivity contribution is 7.99. The van der Waals surface area contributed by atoms with Crippen molar-refractivity contribution in [3.63, 3.8) is 0 Å². The maximum absolute atomic E-state index is 12.2. The topological polar surface area (TPSA) is 94.1 Å². The van der Waals surface area contributed by atoms with Crippen LogP contribution in [-0.2, 0) is 4.79 Å². The van der Waals surface area contributed by atoms with Crippen LogP contribution >= 0.6 is 11.8 Å². The summed E-state index contributed by atoms with van der Waals surface area (Å²) in [5.74, 6) is 0.926. The summed E-state index contributed by atoms with van der Waals surface area (Å²) in [4.78, 5) is 12.2. The van der Waals surface area contributed by atoms with Crippen LogP contribution < -0.4 is 5.32 Å². The molecule has 130 valence electrons. The van der Waals surface area contributed by atoms with Gasteiger partial charge >= 0.3 is 0 Å². The van der Waals surface area contributed by atoms with Gasteiger partial charge in [0.2, 0.25) is 5.91 Å². The quantitative estimate of drug-likeness (QED) is 0.535. The molecule has 7 nitrogen and oxygen atoms in total. The molecule has 0 bridgehead atoms. The predicted molar refractivity (Wildman–Crippen MR) is 97.8 cm³/mol. The van der Waals surface area contributed by atoms with Crippen LogP contribution in [0.1, 0.15) is 5.76 Å². The van der Waals surface area contributed by atoms with Crippen LogP contribution in [0.3, 0.4) is 0 Å². The van der Waals surface area contributed by atoms with E-state index in [4.69, 9.17) is 8.94 Å². The van der Waals surface area contributed by atoms with Crippen LogP contribution in [-0.4, -0.2) is 27.0 Å². The van der Waals surface area contributed by atoms with E-state index in [9.17, 15) is 4.79 Å². The Kier molecular flexibility index (Phi) is 4.40. The van der Waals surface area contributed by atoms with Crippen molar-refractivity contribution in [2.24, 2.45) is 0 Å². The van der Waals surface area contributed by atoms with Gasteiger partial charge in [0, 0.05) is 11.8 Å². The van der Waals surface area contributed by atoms with Gasteiger partial charge in [0.1, 0.15) is 5.76 Å². The Morgan fingerprint density at radius 2 is 1.96 bits per heavy atom. The SMILES string of the molecule is Cc1cc(-c2nnc(SCC(=O)Nc3ccc4ccccc4c3)o2)no1. The second-order valence-corrected chi connectivity index (χ2v) is 6.52. The molecule has 0 aliphatic carbocycles. The summed E-state index contributed by atoms with van der Waals surface area (Å²) in [6.45, 7) is 1.78. The van der Waals surface area contributed by atoms with Crippen molar-refractivity contribution >= 4 is 34.1 Å². The van der Waals surface area contributed by atoms with Gasteiger partial charge in [-0.1, -0.05) is 47.3 Å². The summed E-state index contributed by atoms with van der Waals surface area (Å²) in [6.07, 6.45) is 0. The van der Waals surface area contributed by atoms with Gasteiger partial charge in [0.15, 0.2) is 5.69 Å². The molecule has 0 radical (unpaired) electrons. The predicted octanol–water partition coefficient (Wildman–Crippen LogP) is 3.92. The second kappa shape index (κ2) is 7.01. The molecule has 1 amide bonds. The highest BCUT2D eigenvalue weighted by Crippen LogP contribution is 2.23. The first-order valence-electron chi connectivity index (χ1n) is 7.86. The van der Waals surface area contributed by atoms with E-state index in [1.165, 1.54) is 0 Å². The van der Waals surface area contributed by atoms with E-state index in [-0.39, 0.29) is 17.6 Å². The third kappa shape index (κ3) is 3.60. The molecule has 4 aromatic rings. The number of benzene rings is 2. The maximum atomic E-state index is 12.2. The first kappa shape index (κ1) is 16.3. The van der Waals surface area contributed by atoms with Gasteiger partial charge in [-0.2, -0.15) is 0 Å². The van der Waals surface area contributed by atoms with E-state index >= 15 is 0 Å². The molecule has 2 heterocycles. The van der Waals surface area contributed by atoms with Gasteiger partial charge in [0.05, 0.1) is 5.75 Å². The van der Waals surface area contributed by atoms with Crippen molar-refractivity contribution in [3.8, 4) is 11.6 Å². The Balaban J connectivity index is 1.37. The van der Waals surface area contributed by atoms with E-state index in [2.05, 4.69) is 20.7 Å². The largest absolute Gasteiger partial charge is 0.409 e. The number of amides is 1. The minimum Gasteiger partial charge on any atom is -0.409 e. The third-order valence-electron chi connectivity index (χ3n) is 3.61. The zero-order valence-corrected chi connectivity index (χ0v) is 14.6. The first-order valence-corrected chi connectivity index (χ1v) is 8.84. The van der Waals surface area contributed by atoms with Crippen molar-refractivity contribution in [2.45, 2.75) is 12.1 Å². The third-order valence-corrected chi connectivity index (χ3v) is 4.43. The zero-order valence-electron chi connectivity index (χ0n) is 13.8. The number of aryl methyl sites for hydroxylation is 1.